The number of aromatic nitrogens is 2. The molecule has 3 aromatic heterocycles. The van der Waals surface area contributed by atoms with E-state index in [0.717, 1.165) is 16.0 Å². The van der Waals surface area contributed by atoms with E-state index in [-0.39, 0.29) is 18.3 Å². The van der Waals surface area contributed by atoms with Crippen LogP contribution in [0.4, 0.5) is 0 Å². The minimum absolute atomic E-state index is 0.127. The highest BCUT2D eigenvalue weighted by molar-refractivity contribution is 7.13. The third-order valence-electron chi connectivity index (χ3n) is 3.94. The Labute approximate surface area is 158 Å². The molecule has 0 aliphatic carbocycles. The van der Waals surface area contributed by atoms with Gasteiger partial charge in [0.15, 0.2) is 6.61 Å². The average Bonchev–Trinajstić information content (AvgIpc) is 3.40. The first kappa shape index (κ1) is 17.3. The molecule has 0 aliphatic rings. The number of thiophene rings is 1. The monoisotopic (exact) mass is 384 g/mol. The van der Waals surface area contributed by atoms with E-state index in [1.54, 1.807) is 19.1 Å². The number of hydrogen-bond donors (Lipinski definition) is 0. The summed E-state index contributed by atoms with van der Waals surface area (Å²) in [7, 11) is 0. The van der Waals surface area contributed by atoms with Gasteiger partial charge in [-0.25, -0.2) is 4.79 Å². The molecule has 0 saturated heterocycles. The number of hydrogen-bond acceptors (Lipinski definition) is 8. The van der Waals surface area contributed by atoms with Crippen molar-refractivity contribution in [2.45, 2.75) is 20.5 Å². The minimum Gasteiger partial charge on any atom is -0.494 e. The number of carbonyl (C=O) groups is 1. The lowest BCUT2D eigenvalue weighted by atomic mass is 10.1. The van der Waals surface area contributed by atoms with E-state index in [0.29, 0.717) is 23.6 Å². The van der Waals surface area contributed by atoms with E-state index >= 15 is 0 Å². The van der Waals surface area contributed by atoms with Crippen molar-refractivity contribution in [1.82, 2.24) is 10.1 Å². The van der Waals surface area contributed by atoms with E-state index in [4.69, 9.17) is 18.4 Å². The van der Waals surface area contributed by atoms with E-state index < -0.39 is 5.97 Å². The van der Waals surface area contributed by atoms with Gasteiger partial charge in [-0.05, 0) is 43.5 Å². The normalized spacial score (nSPS) is 11.0. The van der Waals surface area contributed by atoms with Crippen LogP contribution in [0, 0.1) is 6.92 Å². The van der Waals surface area contributed by atoms with Crippen LogP contribution in [0.2, 0.25) is 0 Å². The van der Waals surface area contributed by atoms with Crippen LogP contribution in [0.25, 0.3) is 21.7 Å². The number of furan rings is 1. The Balaban J connectivity index is 1.49. The molecule has 0 saturated carbocycles. The molecule has 27 heavy (non-hydrogen) atoms. The number of fused-ring (bicyclic) bond motifs is 1. The first-order valence-corrected chi connectivity index (χ1v) is 9.23. The largest absolute Gasteiger partial charge is 0.494 e. The molecule has 0 amide bonds. The second-order valence-electron chi connectivity index (χ2n) is 5.71. The minimum atomic E-state index is -0.586. The maximum absolute atomic E-state index is 12.4. The molecular weight excluding hydrogens is 368 g/mol. The summed E-state index contributed by atoms with van der Waals surface area (Å²) in [6, 6.07) is 9.21. The fourth-order valence-electron chi connectivity index (χ4n) is 2.66. The van der Waals surface area contributed by atoms with Crippen molar-refractivity contribution in [2.75, 3.05) is 6.61 Å². The van der Waals surface area contributed by atoms with Crippen LogP contribution in [0.15, 0.2) is 44.7 Å². The van der Waals surface area contributed by atoms with E-state index in [9.17, 15) is 4.79 Å². The summed E-state index contributed by atoms with van der Waals surface area (Å²) in [6.07, 6.45) is 0. The smallest absolute Gasteiger partial charge is 0.375 e. The molecule has 1 aromatic carbocycles. The Hall–Kier alpha value is -3.13. The van der Waals surface area contributed by atoms with Gasteiger partial charge in [0, 0.05) is 10.9 Å². The van der Waals surface area contributed by atoms with E-state index in [1.165, 1.54) is 11.3 Å². The number of esters is 1. The Kier molecular flexibility index (Phi) is 4.64. The molecule has 8 heteroatoms. The molecule has 0 radical (unpaired) electrons. The van der Waals surface area contributed by atoms with Gasteiger partial charge in [0.25, 0.3) is 5.89 Å². The van der Waals surface area contributed by atoms with Gasteiger partial charge in [0.05, 0.1) is 11.5 Å². The molecule has 0 bridgehead atoms. The van der Waals surface area contributed by atoms with Crippen LogP contribution in [0.1, 0.15) is 28.9 Å². The number of ether oxygens (including phenoxy) is 2. The van der Waals surface area contributed by atoms with Gasteiger partial charge in [0.1, 0.15) is 11.3 Å². The predicted molar refractivity (Wildman–Crippen MR) is 98.9 cm³/mol. The average molecular weight is 384 g/mol. The summed E-state index contributed by atoms with van der Waals surface area (Å²) < 4.78 is 21.5. The topological polar surface area (TPSA) is 87.6 Å². The molecule has 0 atom stereocenters. The van der Waals surface area contributed by atoms with Crippen molar-refractivity contribution in [3.05, 3.63) is 52.9 Å². The quantitative estimate of drug-likeness (QED) is 0.449. The van der Waals surface area contributed by atoms with Crippen molar-refractivity contribution < 1.29 is 23.2 Å². The van der Waals surface area contributed by atoms with E-state index in [1.807, 2.05) is 30.5 Å². The Morgan fingerprint density at radius 2 is 2.19 bits per heavy atom. The first-order chi connectivity index (χ1) is 13.2. The number of rotatable bonds is 6. The van der Waals surface area contributed by atoms with Crippen molar-refractivity contribution in [3.63, 3.8) is 0 Å². The highest BCUT2D eigenvalue weighted by atomic mass is 32.1. The van der Waals surface area contributed by atoms with Crippen molar-refractivity contribution >= 4 is 28.3 Å². The molecule has 7 nitrogen and oxygen atoms in total. The number of nitrogens with zero attached hydrogens (tertiary/aromatic N) is 2. The fourth-order valence-corrected chi connectivity index (χ4v) is 3.31. The highest BCUT2D eigenvalue weighted by Gasteiger charge is 2.21. The lowest BCUT2D eigenvalue weighted by Crippen LogP contribution is -2.05. The molecule has 0 N–H and O–H groups in total. The zero-order valence-electron chi connectivity index (χ0n) is 14.7. The lowest BCUT2D eigenvalue weighted by Gasteiger charge is -2.01. The lowest BCUT2D eigenvalue weighted by molar-refractivity contribution is 0.0395. The number of carbonyl (C=O) groups excluding carboxylic acids is 1. The van der Waals surface area contributed by atoms with Gasteiger partial charge in [0.2, 0.25) is 11.6 Å². The van der Waals surface area contributed by atoms with Crippen LogP contribution in [-0.2, 0) is 11.3 Å². The van der Waals surface area contributed by atoms with Crippen molar-refractivity contribution in [3.8, 4) is 16.5 Å². The third-order valence-corrected chi connectivity index (χ3v) is 4.81. The van der Waals surface area contributed by atoms with Crippen LogP contribution >= 0.6 is 11.3 Å². The molecule has 3 heterocycles. The van der Waals surface area contributed by atoms with Gasteiger partial charge in [-0.1, -0.05) is 11.2 Å². The molecule has 0 fully saturated rings. The van der Waals surface area contributed by atoms with Gasteiger partial charge in [-0.15, -0.1) is 11.3 Å². The summed E-state index contributed by atoms with van der Waals surface area (Å²) in [4.78, 5) is 17.5. The Morgan fingerprint density at radius 3 is 2.96 bits per heavy atom. The molecular formula is C19H16N2O5S. The third kappa shape index (κ3) is 3.43. The second-order valence-corrected chi connectivity index (χ2v) is 6.66. The Bertz CT molecular complexity index is 1080. The van der Waals surface area contributed by atoms with Crippen LogP contribution in [0.3, 0.4) is 0 Å². The van der Waals surface area contributed by atoms with Gasteiger partial charge >= 0.3 is 5.97 Å². The molecule has 0 aliphatic heterocycles. The SMILES string of the molecule is CCOc1ccc2oc(C(=O)OCc3nc(-c4cccs4)no3)c(C)c2c1. The van der Waals surface area contributed by atoms with Gasteiger partial charge in [-0.2, -0.15) is 4.98 Å². The maximum Gasteiger partial charge on any atom is 0.375 e. The van der Waals surface area contributed by atoms with Crippen molar-refractivity contribution in [2.24, 2.45) is 0 Å². The second kappa shape index (κ2) is 7.24. The summed E-state index contributed by atoms with van der Waals surface area (Å²) in [5, 5.41) is 6.62. The van der Waals surface area contributed by atoms with Crippen LogP contribution < -0.4 is 4.74 Å². The fraction of sp³-hybridized carbons (Fsp3) is 0.211. The summed E-state index contributed by atoms with van der Waals surface area (Å²) in [5.74, 6) is 0.980. The van der Waals surface area contributed by atoms with Crippen molar-refractivity contribution in [1.29, 1.82) is 0 Å². The van der Waals surface area contributed by atoms with E-state index in [2.05, 4.69) is 10.1 Å². The van der Waals surface area contributed by atoms with Gasteiger partial charge in [-0.3, -0.25) is 0 Å². The Morgan fingerprint density at radius 1 is 1.30 bits per heavy atom. The summed E-state index contributed by atoms with van der Waals surface area (Å²) in [6.45, 7) is 4.16. The molecule has 4 rings (SSSR count). The number of benzene rings is 1. The first-order valence-electron chi connectivity index (χ1n) is 8.35. The maximum atomic E-state index is 12.4. The zero-order valence-corrected chi connectivity index (χ0v) is 15.5. The zero-order chi connectivity index (χ0) is 18.8. The molecule has 0 unspecified atom stereocenters. The highest BCUT2D eigenvalue weighted by Crippen LogP contribution is 2.29. The van der Waals surface area contributed by atoms with Gasteiger partial charge < -0.3 is 18.4 Å². The molecule has 138 valence electrons. The standard InChI is InChI=1S/C19H16N2O5S/c1-3-23-12-6-7-14-13(9-12)11(2)17(25-14)19(22)24-10-16-20-18(21-26-16)15-5-4-8-27-15/h4-9H,3,10H2,1-2H3. The molecule has 4 aromatic rings. The number of aryl methyl sites for hydroxylation is 1. The summed E-state index contributed by atoms with van der Waals surface area (Å²) in [5.41, 5.74) is 1.29. The summed E-state index contributed by atoms with van der Waals surface area (Å²) >= 11 is 1.50. The molecule has 0 spiro atoms. The predicted octanol–water partition coefficient (Wildman–Crippen LogP) is 4.61. The van der Waals surface area contributed by atoms with Crippen LogP contribution in [-0.4, -0.2) is 22.7 Å². The van der Waals surface area contributed by atoms with Crippen LogP contribution in [0.5, 0.6) is 5.75 Å².